The van der Waals surface area contributed by atoms with E-state index < -0.39 is 11.4 Å². The Morgan fingerprint density at radius 2 is 2.26 bits per heavy atom. The Kier molecular flexibility index (Phi) is 5.09. The molecule has 4 rings (SSSR count). The number of carboxylic acids is 1. The number of nitrogens with zero attached hydrogens (tertiary/aromatic N) is 2. The smallest absolute Gasteiger partial charge is 0.311 e. The Morgan fingerprint density at radius 1 is 1.33 bits per heavy atom. The van der Waals surface area contributed by atoms with Gasteiger partial charge in [-0.1, -0.05) is 18.2 Å². The van der Waals surface area contributed by atoms with Crippen LogP contribution in [0.5, 0.6) is 5.75 Å². The van der Waals surface area contributed by atoms with Crippen LogP contribution < -0.4 is 4.74 Å². The lowest BCUT2D eigenvalue weighted by molar-refractivity contribution is -0.157. The van der Waals surface area contributed by atoms with Crippen LogP contribution in [0, 0.1) is 11.3 Å². The molecule has 27 heavy (non-hydrogen) atoms. The third-order valence-electron chi connectivity index (χ3n) is 5.62. The van der Waals surface area contributed by atoms with E-state index in [1.165, 1.54) is 0 Å². The van der Waals surface area contributed by atoms with Crippen LogP contribution in [0.3, 0.4) is 0 Å². The fourth-order valence-corrected chi connectivity index (χ4v) is 4.16. The summed E-state index contributed by atoms with van der Waals surface area (Å²) in [6.45, 7) is 3.55. The van der Waals surface area contributed by atoms with Gasteiger partial charge in [-0.05, 0) is 36.2 Å². The normalized spacial score (nSPS) is 25.1. The first kappa shape index (κ1) is 17.9. The largest absolute Gasteiger partial charge is 0.487 e. The molecule has 0 spiro atoms. The number of fused-ring (bicyclic) bond motifs is 1. The number of pyridine rings is 1. The highest BCUT2D eigenvalue weighted by Crippen LogP contribution is 2.42. The molecule has 2 fully saturated rings. The van der Waals surface area contributed by atoms with Crippen LogP contribution in [0.25, 0.3) is 0 Å². The van der Waals surface area contributed by atoms with Gasteiger partial charge < -0.3 is 14.6 Å². The number of ether oxygens (including phenoxy) is 2. The van der Waals surface area contributed by atoms with Crippen LogP contribution in [0.15, 0.2) is 48.7 Å². The fraction of sp³-hybridized carbons (Fsp3) is 0.429. The fourth-order valence-electron chi connectivity index (χ4n) is 4.16. The molecule has 6 heteroatoms. The molecule has 3 heterocycles. The third-order valence-corrected chi connectivity index (χ3v) is 5.62. The summed E-state index contributed by atoms with van der Waals surface area (Å²) in [5, 5.41) is 9.80. The monoisotopic (exact) mass is 368 g/mol. The van der Waals surface area contributed by atoms with E-state index in [0.29, 0.717) is 39.3 Å². The lowest BCUT2D eigenvalue weighted by Gasteiger charge is -2.34. The number of benzene rings is 1. The lowest BCUT2D eigenvalue weighted by atomic mass is 9.74. The van der Waals surface area contributed by atoms with Crippen LogP contribution in [0.4, 0.5) is 0 Å². The zero-order chi connectivity index (χ0) is 18.7. The maximum Gasteiger partial charge on any atom is 0.311 e. The van der Waals surface area contributed by atoms with Crippen molar-refractivity contribution in [1.82, 2.24) is 9.88 Å². The van der Waals surface area contributed by atoms with Crippen LogP contribution in [-0.4, -0.2) is 47.3 Å². The molecule has 0 saturated carbocycles. The molecule has 0 amide bonds. The molecule has 2 saturated heterocycles. The average Bonchev–Trinajstić information content (AvgIpc) is 3.07. The van der Waals surface area contributed by atoms with Crippen LogP contribution in [0.1, 0.15) is 17.7 Å². The van der Waals surface area contributed by atoms with E-state index in [0.717, 1.165) is 23.6 Å². The van der Waals surface area contributed by atoms with Crippen molar-refractivity contribution in [3.8, 4) is 5.75 Å². The predicted octanol–water partition coefficient (Wildman–Crippen LogP) is 2.58. The molecule has 142 valence electrons. The summed E-state index contributed by atoms with van der Waals surface area (Å²) in [6, 6.07) is 13.7. The Labute approximate surface area is 158 Å². The number of hydrogen-bond acceptors (Lipinski definition) is 5. The molecule has 0 bridgehead atoms. The molecular weight excluding hydrogens is 344 g/mol. The molecule has 1 N–H and O–H groups in total. The van der Waals surface area contributed by atoms with Crippen molar-refractivity contribution in [1.29, 1.82) is 0 Å². The summed E-state index contributed by atoms with van der Waals surface area (Å²) in [5.74, 6) is 0.170. The Balaban J connectivity index is 1.40. The van der Waals surface area contributed by atoms with Gasteiger partial charge in [-0.2, -0.15) is 0 Å². The van der Waals surface area contributed by atoms with E-state index in [1.54, 1.807) is 6.20 Å². The van der Waals surface area contributed by atoms with E-state index in [2.05, 4.69) is 16.0 Å². The minimum Gasteiger partial charge on any atom is -0.487 e. The number of carboxylic acid groups (broad SMARTS) is 1. The van der Waals surface area contributed by atoms with Gasteiger partial charge in [0.05, 0.1) is 17.7 Å². The highest BCUT2D eigenvalue weighted by molar-refractivity contribution is 5.76. The second kappa shape index (κ2) is 7.66. The van der Waals surface area contributed by atoms with Gasteiger partial charge >= 0.3 is 5.97 Å². The predicted molar refractivity (Wildman–Crippen MR) is 99.3 cm³/mol. The first-order valence-electron chi connectivity index (χ1n) is 9.31. The Morgan fingerprint density at radius 3 is 3.04 bits per heavy atom. The molecular formula is C21H24N2O4. The Hall–Kier alpha value is -2.44. The van der Waals surface area contributed by atoms with E-state index in [1.807, 2.05) is 36.4 Å². The summed E-state index contributed by atoms with van der Waals surface area (Å²) in [5.41, 5.74) is 1.34. The van der Waals surface area contributed by atoms with Gasteiger partial charge in [-0.15, -0.1) is 0 Å². The van der Waals surface area contributed by atoms with Crippen LogP contribution >= 0.6 is 0 Å². The third kappa shape index (κ3) is 3.82. The van der Waals surface area contributed by atoms with Crippen molar-refractivity contribution in [2.75, 3.05) is 26.3 Å². The summed E-state index contributed by atoms with van der Waals surface area (Å²) >= 11 is 0. The van der Waals surface area contributed by atoms with Gasteiger partial charge in [0.15, 0.2) is 0 Å². The van der Waals surface area contributed by atoms with E-state index in [4.69, 9.17) is 9.47 Å². The molecule has 0 radical (unpaired) electrons. The highest BCUT2D eigenvalue weighted by Gasteiger charge is 2.53. The maximum atomic E-state index is 11.9. The second-order valence-corrected chi connectivity index (χ2v) is 7.41. The Bertz CT molecular complexity index is 798. The molecule has 2 aliphatic rings. The quantitative estimate of drug-likeness (QED) is 0.845. The molecule has 0 aliphatic carbocycles. The standard InChI is InChI=1S/C21H24N2O4/c24-20(25)21-7-9-26-13-17(21)12-23(15-21)11-16-4-3-6-19(10-16)27-14-18-5-1-2-8-22-18/h1-6,8,10,17H,7,9,11-15H2,(H,24,25)/t17-,21+/m1/s1. The minimum absolute atomic E-state index is 0.0623. The number of rotatable bonds is 6. The van der Waals surface area contributed by atoms with Gasteiger partial charge in [0.25, 0.3) is 0 Å². The zero-order valence-corrected chi connectivity index (χ0v) is 15.2. The summed E-state index contributed by atoms with van der Waals surface area (Å²) in [7, 11) is 0. The van der Waals surface area contributed by atoms with Gasteiger partial charge in [0.1, 0.15) is 12.4 Å². The first-order chi connectivity index (χ1) is 13.2. The summed E-state index contributed by atoms with van der Waals surface area (Å²) in [6.07, 6.45) is 2.35. The van der Waals surface area contributed by atoms with Crippen molar-refractivity contribution < 1.29 is 19.4 Å². The van der Waals surface area contributed by atoms with E-state index in [-0.39, 0.29) is 5.92 Å². The molecule has 2 aromatic rings. The van der Waals surface area contributed by atoms with E-state index >= 15 is 0 Å². The number of aromatic nitrogens is 1. The topological polar surface area (TPSA) is 71.9 Å². The van der Waals surface area contributed by atoms with Gasteiger partial charge in [0, 0.05) is 38.4 Å². The number of aliphatic carboxylic acids is 1. The SMILES string of the molecule is O=C(O)[C@]12CCOC[C@H]1CN(Cc1cccc(OCc3ccccn3)c1)C2. The van der Waals surface area contributed by atoms with Gasteiger partial charge in [-0.25, -0.2) is 0 Å². The van der Waals surface area contributed by atoms with Crippen LogP contribution in [0.2, 0.25) is 0 Å². The average molecular weight is 368 g/mol. The molecule has 0 unspecified atom stereocenters. The first-order valence-corrected chi connectivity index (χ1v) is 9.31. The van der Waals surface area contributed by atoms with Crippen molar-refractivity contribution >= 4 is 5.97 Å². The van der Waals surface area contributed by atoms with Crippen molar-refractivity contribution in [3.05, 3.63) is 59.9 Å². The molecule has 6 nitrogen and oxygen atoms in total. The molecule has 2 aliphatic heterocycles. The number of hydrogen-bond donors (Lipinski definition) is 1. The van der Waals surface area contributed by atoms with Crippen molar-refractivity contribution in [2.45, 2.75) is 19.6 Å². The lowest BCUT2D eigenvalue weighted by Crippen LogP contribution is -2.44. The maximum absolute atomic E-state index is 11.9. The minimum atomic E-state index is -0.689. The summed E-state index contributed by atoms with van der Waals surface area (Å²) < 4.78 is 11.4. The summed E-state index contributed by atoms with van der Waals surface area (Å²) in [4.78, 5) is 18.4. The van der Waals surface area contributed by atoms with Crippen LogP contribution in [-0.2, 0) is 22.7 Å². The number of carbonyl (C=O) groups is 1. The number of likely N-dealkylation sites (tertiary alicyclic amines) is 1. The van der Waals surface area contributed by atoms with E-state index in [9.17, 15) is 9.90 Å². The van der Waals surface area contributed by atoms with Gasteiger partial charge in [0.2, 0.25) is 0 Å². The molecule has 1 aromatic carbocycles. The highest BCUT2D eigenvalue weighted by atomic mass is 16.5. The second-order valence-electron chi connectivity index (χ2n) is 7.41. The molecule has 1 aromatic heterocycles. The zero-order valence-electron chi connectivity index (χ0n) is 15.2. The molecule has 2 atom stereocenters. The van der Waals surface area contributed by atoms with Gasteiger partial charge in [-0.3, -0.25) is 14.7 Å². The van der Waals surface area contributed by atoms with Crippen molar-refractivity contribution in [2.24, 2.45) is 11.3 Å². The van der Waals surface area contributed by atoms with Crippen molar-refractivity contribution in [3.63, 3.8) is 0 Å².